The van der Waals surface area contributed by atoms with Crippen molar-refractivity contribution >= 4 is 0 Å². The van der Waals surface area contributed by atoms with Crippen LogP contribution in [0.15, 0.2) is 16.5 Å². The Morgan fingerprint density at radius 1 is 1.46 bits per heavy atom. The number of hydrogen-bond donors (Lipinski definition) is 2. The summed E-state index contributed by atoms with van der Waals surface area (Å²) < 4.78 is 5.47. The van der Waals surface area contributed by atoms with Crippen LogP contribution in [0.2, 0.25) is 0 Å². The molecule has 0 spiro atoms. The lowest BCUT2D eigenvalue weighted by molar-refractivity contribution is 0.190. The summed E-state index contributed by atoms with van der Waals surface area (Å²) >= 11 is 0. The topological polar surface area (TPSA) is 45.4 Å². The zero-order chi connectivity index (χ0) is 9.68. The molecule has 1 aromatic heterocycles. The van der Waals surface area contributed by atoms with Gasteiger partial charge in [0.15, 0.2) is 0 Å². The minimum absolute atomic E-state index is 0.305. The van der Waals surface area contributed by atoms with Crippen molar-refractivity contribution in [3.8, 4) is 0 Å². The first-order valence-corrected chi connectivity index (χ1v) is 4.68. The molecule has 0 unspecified atom stereocenters. The van der Waals surface area contributed by atoms with Gasteiger partial charge in [-0.3, -0.25) is 0 Å². The van der Waals surface area contributed by atoms with E-state index in [2.05, 4.69) is 12.2 Å². The number of rotatable bonds is 5. The largest absolute Gasteiger partial charge is 0.465 e. The first-order valence-electron chi connectivity index (χ1n) is 4.68. The number of aliphatic hydroxyl groups is 1. The molecular formula is C10H17NO2. The molecule has 3 nitrogen and oxygen atoms in total. The van der Waals surface area contributed by atoms with Crippen LogP contribution < -0.4 is 5.32 Å². The van der Waals surface area contributed by atoms with Crippen molar-refractivity contribution in [1.82, 2.24) is 5.32 Å². The molecule has 2 N–H and O–H groups in total. The lowest BCUT2D eigenvalue weighted by Crippen LogP contribution is -2.23. The van der Waals surface area contributed by atoms with Crippen LogP contribution in [-0.4, -0.2) is 17.8 Å². The maximum Gasteiger partial charge on any atom is 0.117 e. The molecule has 0 aliphatic rings. The third-order valence-corrected chi connectivity index (χ3v) is 1.80. The Hall–Kier alpha value is -0.800. The highest BCUT2D eigenvalue weighted by Gasteiger charge is 2.00. The van der Waals surface area contributed by atoms with E-state index in [1.54, 1.807) is 6.92 Å². The molecule has 0 amide bonds. The Morgan fingerprint density at radius 3 is 2.69 bits per heavy atom. The predicted octanol–water partition coefficient (Wildman–Crippen LogP) is 1.31. The van der Waals surface area contributed by atoms with E-state index in [1.807, 2.05) is 12.1 Å². The summed E-state index contributed by atoms with van der Waals surface area (Å²) in [5.41, 5.74) is 0. The monoisotopic (exact) mass is 183 g/mol. The summed E-state index contributed by atoms with van der Waals surface area (Å²) in [7, 11) is 0. The van der Waals surface area contributed by atoms with Crippen LogP contribution in [0.5, 0.6) is 0 Å². The summed E-state index contributed by atoms with van der Waals surface area (Å²) in [6.45, 7) is 5.10. The smallest absolute Gasteiger partial charge is 0.117 e. The van der Waals surface area contributed by atoms with Crippen molar-refractivity contribution in [2.24, 2.45) is 0 Å². The normalized spacial score (nSPS) is 13.2. The second-order valence-electron chi connectivity index (χ2n) is 3.20. The molecule has 0 bridgehead atoms. The summed E-state index contributed by atoms with van der Waals surface area (Å²) in [4.78, 5) is 0. The molecule has 3 heteroatoms. The van der Waals surface area contributed by atoms with Crippen LogP contribution in [0.3, 0.4) is 0 Å². The Bertz CT molecular complexity index is 243. The summed E-state index contributed by atoms with van der Waals surface area (Å²) in [5, 5.41) is 12.1. The molecule has 13 heavy (non-hydrogen) atoms. The van der Waals surface area contributed by atoms with E-state index in [0.717, 1.165) is 17.9 Å². The molecular weight excluding hydrogens is 166 g/mol. The van der Waals surface area contributed by atoms with Crippen LogP contribution in [0.4, 0.5) is 0 Å². The molecule has 1 atom stereocenters. The predicted molar refractivity (Wildman–Crippen MR) is 51.5 cm³/mol. The summed E-state index contributed by atoms with van der Waals surface area (Å²) in [6, 6.07) is 3.95. The van der Waals surface area contributed by atoms with E-state index in [-0.39, 0.29) is 6.10 Å². The van der Waals surface area contributed by atoms with Gasteiger partial charge in [-0.05, 0) is 19.1 Å². The minimum Gasteiger partial charge on any atom is -0.465 e. The number of aryl methyl sites for hydroxylation is 1. The molecule has 74 valence electrons. The average molecular weight is 183 g/mol. The van der Waals surface area contributed by atoms with Crippen LogP contribution in [0.25, 0.3) is 0 Å². The highest BCUT2D eigenvalue weighted by molar-refractivity contribution is 5.06. The Kier molecular flexibility index (Phi) is 3.99. The van der Waals surface area contributed by atoms with E-state index in [4.69, 9.17) is 9.52 Å². The lowest BCUT2D eigenvalue weighted by atomic mass is 10.3. The highest BCUT2D eigenvalue weighted by Crippen LogP contribution is 2.07. The van der Waals surface area contributed by atoms with Crippen LogP contribution in [0.1, 0.15) is 25.4 Å². The van der Waals surface area contributed by atoms with Crippen LogP contribution in [0, 0.1) is 0 Å². The Morgan fingerprint density at radius 2 is 2.15 bits per heavy atom. The molecule has 0 aromatic carbocycles. The van der Waals surface area contributed by atoms with E-state index < -0.39 is 0 Å². The molecule has 1 rings (SSSR count). The van der Waals surface area contributed by atoms with Gasteiger partial charge in [0.2, 0.25) is 0 Å². The molecule has 0 radical (unpaired) electrons. The fourth-order valence-electron chi connectivity index (χ4n) is 1.11. The number of hydrogen-bond acceptors (Lipinski definition) is 3. The fraction of sp³-hybridized carbons (Fsp3) is 0.600. The molecule has 1 aromatic rings. The molecule has 0 aliphatic heterocycles. The second kappa shape index (κ2) is 5.04. The minimum atomic E-state index is -0.305. The maximum atomic E-state index is 8.99. The molecule has 0 aliphatic carbocycles. The Balaban J connectivity index is 2.28. The third-order valence-electron chi connectivity index (χ3n) is 1.80. The van der Waals surface area contributed by atoms with Crippen LogP contribution >= 0.6 is 0 Å². The van der Waals surface area contributed by atoms with Crippen molar-refractivity contribution in [1.29, 1.82) is 0 Å². The van der Waals surface area contributed by atoms with Gasteiger partial charge in [0.05, 0.1) is 12.6 Å². The molecule has 0 fully saturated rings. The van der Waals surface area contributed by atoms with E-state index in [0.29, 0.717) is 13.1 Å². The van der Waals surface area contributed by atoms with Gasteiger partial charge >= 0.3 is 0 Å². The van der Waals surface area contributed by atoms with Crippen molar-refractivity contribution in [2.75, 3.05) is 6.54 Å². The van der Waals surface area contributed by atoms with Crippen molar-refractivity contribution in [3.05, 3.63) is 23.7 Å². The van der Waals surface area contributed by atoms with Gasteiger partial charge in [-0.15, -0.1) is 0 Å². The SMILES string of the molecule is CCc1ccc(CNC[C@H](C)O)o1. The highest BCUT2D eigenvalue weighted by atomic mass is 16.3. The Labute approximate surface area is 78.8 Å². The van der Waals surface area contributed by atoms with Gasteiger partial charge in [0.1, 0.15) is 11.5 Å². The first-order chi connectivity index (χ1) is 6.22. The van der Waals surface area contributed by atoms with Crippen LogP contribution in [-0.2, 0) is 13.0 Å². The lowest BCUT2D eigenvalue weighted by Gasteiger charge is -2.04. The fourth-order valence-corrected chi connectivity index (χ4v) is 1.11. The van der Waals surface area contributed by atoms with Gasteiger partial charge < -0.3 is 14.8 Å². The zero-order valence-corrected chi connectivity index (χ0v) is 8.21. The molecule has 0 saturated carbocycles. The number of furan rings is 1. The van der Waals surface area contributed by atoms with Crippen molar-refractivity contribution < 1.29 is 9.52 Å². The van der Waals surface area contributed by atoms with Crippen molar-refractivity contribution in [2.45, 2.75) is 32.9 Å². The van der Waals surface area contributed by atoms with Gasteiger partial charge in [-0.25, -0.2) is 0 Å². The zero-order valence-electron chi connectivity index (χ0n) is 8.21. The molecule has 1 heterocycles. The first kappa shape index (κ1) is 10.3. The van der Waals surface area contributed by atoms with Gasteiger partial charge in [-0.2, -0.15) is 0 Å². The van der Waals surface area contributed by atoms with Gasteiger partial charge in [-0.1, -0.05) is 6.92 Å². The van der Waals surface area contributed by atoms with E-state index in [9.17, 15) is 0 Å². The molecule has 0 saturated heterocycles. The number of nitrogens with one attached hydrogen (secondary N) is 1. The van der Waals surface area contributed by atoms with E-state index in [1.165, 1.54) is 0 Å². The average Bonchev–Trinajstić information content (AvgIpc) is 2.52. The number of aliphatic hydroxyl groups excluding tert-OH is 1. The second-order valence-corrected chi connectivity index (χ2v) is 3.20. The quantitative estimate of drug-likeness (QED) is 0.723. The van der Waals surface area contributed by atoms with Gasteiger partial charge in [0, 0.05) is 13.0 Å². The third kappa shape index (κ3) is 3.61. The van der Waals surface area contributed by atoms with Crippen molar-refractivity contribution in [3.63, 3.8) is 0 Å². The van der Waals surface area contributed by atoms with Gasteiger partial charge in [0.25, 0.3) is 0 Å². The standard InChI is InChI=1S/C10H17NO2/c1-3-9-4-5-10(13-9)7-11-6-8(2)12/h4-5,8,11-12H,3,6-7H2,1-2H3/t8-/m0/s1. The summed E-state index contributed by atoms with van der Waals surface area (Å²) in [6.07, 6.45) is 0.622. The maximum absolute atomic E-state index is 8.99. The van der Waals surface area contributed by atoms with E-state index >= 15 is 0 Å². The summed E-state index contributed by atoms with van der Waals surface area (Å²) in [5.74, 6) is 1.94.